The minimum absolute atomic E-state index is 0.653. The number of fused-ring (bicyclic) bond motifs is 1. The Bertz CT molecular complexity index is 344. The van der Waals surface area contributed by atoms with Crippen molar-refractivity contribution in [2.75, 3.05) is 0 Å². The van der Waals surface area contributed by atoms with Crippen LogP contribution in [0.25, 0.3) is 0 Å². The van der Waals surface area contributed by atoms with Crippen LogP contribution in [0.15, 0.2) is 0 Å². The first-order chi connectivity index (χ1) is 7.89. The predicted molar refractivity (Wildman–Crippen MR) is 73.8 cm³/mol. The lowest BCUT2D eigenvalue weighted by Crippen LogP contribution is -2.34. The van der Waals surface area contributed by atoms with Gasteiger partial charge in [0.05, 0.1) is 0 Å². The Balaban J connectivity index is 2.08. The molecule has 0 saturated heterocycles. The van der Waals surface area contributed by atoms with Crippen LogP contribution in [0.5, 0.6) is 0 Å². The molecule has 0 N–H and O–H groups in total. The molecule has 0 aromatic carbocycles. The summed E-state index contributed by atoms with van der Waals surface area (Å²) in [6.45, 7) is 15.2. The van der Waals surface area contributed by atoms with Crippen molar-refractivity contribution in [3.63, 3.8) is 0 Å². The fourth-order valence-corrected chi connectivity index (χ4v) is 7.64. The average molecular weight is 234 g/mol. The largest absolute Gasteiger partial charge is 0.0654 e. The third-order valence-corrected chi connectivity index (χ3v) is 7.87. The highest BCUT2D eigenvalue weighted by Gasteiger charge is 2.89. The van der Waals surface area contributed by atoms with Gasteiger partial charge in [0.25, 0.3) is 0 Å². The van der Waals surface area contributed by atoms with E-state index in [1.54, 1.807) is 0 Å². The van der Waals surface area contributed by atoms with Crippen LogP contribution in [0.2, 0.25) is 0 Å². The van der Waals surface area contributed by atoms with Crippen molar-refractivity contribution in [1.82, 2.24) is 0 Å². The van der Waals surface area contributed by atoms with E-state index in [1.165, 1.54) is 25.7 Å². The second-order valence-corrected chi connectivity index (χ2v) is 8.00. The fraction of sp³-hybridized carbons (Fsp3) is 1.00. The fourth-order valence-electron chi connectivity index (χ4n) is 7.64. The van der Waals surface area contributed by atoms with Gasteiger partial charge < -0.3 is 0 Å². The highest BCUT2D eigenvalue weighted by atomic mass is 14.9. The summed E-state index contributed by atoms with van der Waals surface area (Å²) < 4.78 is 0. The topological polar surface area (TPSA) is 0 Å². The van der Waals surface area contributed by atoms with E-state index in [4.69, 9.17) is 0 Å². The van der Waals surface area contributed by atoms with Crippen LogP contribution in [0, 0.1) is 39.9 Å². The summed E-state index contributed by atoms with van der Waals surface area (Å²) in [5.74, 6) is 3.91. The maximum atomic E-state index is 2.65. The summed E-state index contributed by atoms with van der Waals surface area (Å²) in [4.78, 5) is 0. The second kappa shape index (κ2) is 3.11. The molecule has 3 rings (SSSR count). The van der Waals surface area contributed by atoms with E-state index >= 15 is 0 Å². The normalized spacial score (nSPS) is 59.8. The second-order valence-electron chi connectivity index (χ2n) is 8.00. The molecular formula is C17H30. The van der Waals surface area contributed by atoms with E-state index < -0.39 is 0 Å². The number of rotatable bonds is 3. The minimum Gasteiger partial charge on any atom is -0.0654 e. The van der Waals surface area contributed by atoms with Crippen LogP contribution >= 0.6 is 0 Å². The van der Waals surface area contributed by atoms with Gasteiger partial charge in [0.15, 0.2) is 0 Å². The standard InChI is InChI=1S/C17H30/c1-7-8-13-12(4)15(5)10-9-14-16(13,6)17(14,15)11(2)3/h11-14H,7-10H2,1-6H3. The van der Waals surface area contributed by atoms with Gasteiger partial charge in [-0.15, -0.1) is 0 Å². The van der Waals surface area contributed by atoms with E-state index in [0.29, 0.717) is 16.2 Å². The monoisotopic (exact) mass is 234 g/mol. The molecule has 6 atom stereocenters. The first-order valence-electron chi connectivity index (χ1n) is 7.89. The highest BCUT2D eigenvalue weighted by Crippen LogP contribution is 2.94. The molecule has 17 heavy (non-hydrogen) atoms. The van der Waals surface area contributed by atoms with Crippen molar-refractivity contribution in [2.24, 2.45) is 39.9 Å². The molecule has 0 radical (unpaired) electrons. The summed E-state index contributed by atoms with van der Waals surface area (Å²) in [6.07, 6.45) is 5.88. The SMILES string of the molecule is CCCC1C(C)C2(C)CCC3C1(C)C32C(C)C. The maximum absolute atomic E-state index is 2.65. The van der Waals surface area contributed by atoms with Crippen molar-refractivity contribution >= 4 is 0 Å². The zero-order valence-electron chi connectivity index (χ0n) is 12.6. The molecule has 3 aliphatic carbocycles. The van der Waals surface area contributed by atoms with Gasteiger partial charge in [0.2, 0.25) is 0 Å². The molecule has 0 aliphatic heterocycles. The summed E-state index contributed by atoms with van der Waals surface area (Å²) in [5.41, 5.74) is 2.06. The Morgan fingerprint density at radius 1 is 1.24 bits per heavy atom. The maximum Gasteiger partial charge on any atom is -0.0125 e. The summed E-state index contributed by atoms with van der Waals surface area (Å²) in [5, 5.41) is 0. The van der Waals surface area contributed by atoms with Crippen molar-refractivity contribution in [3.8, 4) is 0 Å². The molecule has 0 bridgehead atoms. The Labute approximate surface area is 108 Å². The van der Waals surface area contributed by atoms with Crippen LogP contribution in [0.3, 0.4) is 0 Å². The smallest absolute Gasteiger partial charge is 0.0125 e. The van der Waals surface area contributed by atoms with Crippen molar-refractivity contribution < 1.29 is 0 Å². The van der Waals surface area contributed by atoms with Gasteiger partial charge in [0.1, 0.15) is 0 Å². The summed E-state index contributed by atoms with van der Waals surface area (Å²) in [7, 11) is 0. The Morgan fingerprint density at radius 2 is 1.88 bits per heavy atom. The van der Waals surface area contributed by atoms with Crippen molar-refractivity contribution in [1.29, 1.82) is 0 Å². The molecule has 0 nitrogen and oxygen atoms in total. The van der Waals surface area contributed by atoms with Gasteiger partial charge in [-0.2, -0.15) is 0 Å². The molecule has 3 fully saturated rings. The molecule has 98 valence electrons. The zero-order valence-corrected chi connectivity index (χ0v) is 12.6. The molecule has 0 amide bonds. The molecule has 0 spiro atoms. The van der Waals surface area contributed by atoms with Gasteiger partial charge >= 0.3 is 0 Å². The third kappa shape index (κ3) is 0.901. The molecule has 3 saturated carbocycles. The lowest BCUT2D eigenvalue weighted by molar-refractivity contribution is 0.0844. The quantitative estimate of drug-likeness (QED) is 0.635. The average Bonchev–Trinajstić information content (AvgIpc) is 2.61. The lowest BCUT2D eigenvalue weighted by Gasteiger charge is -2.39. The van der Waals surface area contributed by atoms with Gasteiger partial charge in [-0.1, -0.05) is 48.0 Å². The molecule has 0 aromatic rings. The van der Waals surface area contributed by atoms with Gasteiger partial charge in [0, 0.05) is 0 Å². The Morgan fingerprint density at radius 3 is 2.35 bits per heavy atom. The van der Waals surface area contributed by atoms with Crippen molar-refractivity contribution in [3.05, 3.63) is 0 Å². The van der Waals surface area contributed by atoms with Crippen LogP contribution in [0.4, 0.5) is 0 Å². The van der Waals surface area contributed by atoms with E-state index in [-0.39, 0.29) is 0 Å². The van der Waals surface area contributed by atoms with Crippen LogP contribution < -0.4 is 0 Å². The van der Waals surface area contributed by atoms with E-state index in [9.17, 15) is 0 Å². The van der Waals surface area contributed by atoms with E-state index in [0.717, 1.165) is 23.7 Å². The van der Waals surface area contributed by atoms with Crippen LogP contribution in [0.1, 0.15) is 67.2 Å². The summed E-state index contributed by atoms with van der Waals surface area (Å²) >= 11 is 0. The number of hydrogen-bond acceptors (Lipinski definition) is 0. The van der Waals surface area contributed by atoms with Crippen LogP contribution in [-0.2, 0) is 0 Å². The van der Waals surface area contributed by atoms with E-state index in [1.807, 2.05) is 0 Å². The van der Waals surface area contributed by atoms with Crippen molar-refractivity contribution in [2.45, 2.75) is 67.2 Å². The lowest BCUT2D eigenvalue weighted by atomic mass is 9.65. The van der Waals surface area contributed by atoms with Crippen LogP contribution in [-0.4, -0.2) is 0 Å². The molecule has 6 unspecified atom stereocenters. The van der Waals surface area contributed by atoms with E-state index in [2.05, 4.69) is 41.5 Å². The highest BCUT2D eigenvalue weighted by molar-refractivity contribution is 5.36. The van der Waals surface area contributed by atoms with Gasteiger partial charge in [-0.25, -0.2) is 0 Å². The molecule has 0 heterocycles. The number of hydrogen-bond donors (Lipinski definition) is 0. The third-order valence-electron chi connectivity index (χ3n) is 7.87. The minimum atomic E-state index is 0.653. The van der Waals surface area contributed by atoms with Gasteiger partial charge in [-0.05, 0) is 59.2 Å². The molecule has 0 heteroatoms. The zero-order chi connectivity index (χ0) is 12.6. The first-order valence-corrected chi connectivity index (χ1v) is 7.89. The van der Waals surface area contributed by atoms with Gasteiger partial charge in [-0.3, -0.25) is 0 Å². The first kappa shape index (κ1) is 12.1. The Hall–Kier alpha value is 0. The molecule has 0 aromatic heterocycles. The molecular weight excluding hydrogens is 204 g/mol. The molecule has 3 aliphatic rings. The predicted octanol–water partition coefficient (Wildman–Crippen LogP) is 5.13. The Kier molecular flexibility index (Phi) is 2.21. The summed E-state index contributed by atoms with van der Waals surface area (Å²) in [6, 6.07) is 0.